The van der Waals surface area contributed by atoms with Crippen LogP contribution in [-0.4, -0.2) is 36.3 Å². The number of ether oxygens (including phenoxy) is 1. The third kappa shape index (κ3) is 3.35. The fraction of sp³-hybridized carbons (Fsp3) is 0.778. The molecule has 1 heterocycles. The zero-order chi connectivity index (χ0) is 12.3. The molecule has 4 N–H and O–H groups in total. The summed E-state index contributed by atoms with van der Waals surface area (Å²) < 4.78 is 5.02. The van der Waals surface area contributed by atoms with Gasteiger partial charge in [0.2, 0.25) is 5.91 Å². The van der Waals surface area contributed by atoms with Crippen LogP contribution >= 0.6 is 0 Å². The molecule has 0 saturated carbocycles. The van der Waals surface area contributed by atoms with E-state index in [1.807, 2.05) is 0 Å². The molecule has 7 nitrogen and oxygen atoms in total. The molecular weight excluding hydrogens is 214 g/mol. The summed E-state index contributed by atoms with van der Waals surface area (Å²) in [7, 11) is 0. The SMILES string of the molecule is CC(C)(C)OC(=O)N[C@@H]1C(=O)N[C@@H]1CON. The summed E-state index contributed by atoms with van der Waals surface area (Å²) in [5.41, 5.74) is -0.593. The molecule has 0 radical (unpaired) electrons. The second kappa shape index (κ2) is 4.67. The van der Waals surface area contributed by atoms with Gasteiger partial charge in [0.15, 0.2) is 0 Å². The van der Waals surface area contributed by atoms with E-state index in [1.165, 1.54) is 0 Å². The average Bonchev–Trinajstić information content (AvgIpc) is 2.11. The Kier molecular flexibility index (Phi) is 3.71. The molecule has 92 valence electrons. The topological polar surface area (TPSA) is 103 Å². The quantitative estimate of drug-likeness (QED) is 0.439. The standard InChI is InChI=1S/C9H17N3O4/c1-9(2,3)16-8(14)12-6-5(4-15-10)11-7(6)13/h5-6H,4,10H2,1-3H3,(H,11,13)(H,12,14)/t5-,6+/m1/s1. The van der Waals surface area contributed by atoms with Crippen molar-refractivity contribution in [2.24, 2.45) is 5.90 Å². The van der Waals surface area contributed by atoms with Crippen molar-refractivity contribution in [3.8, 4) is 0 Å². The van der Waals surface area contributed by atoms with Crippen LogP contribution in [0.1, 0.15) is 20.8 Å². The molecule has 1 saturated heterocycles. The number of carbonyl (C=O) groups is 2. The zero-order valence-corrected chi connectivity index (χ0v) is 9.57. The van der Waals surface area contributed by atoms with Gasteiger partial charge in [-0.3, -0.25) is 4.79 Å². The Balaban J connectivity index is 2.41. The fourth-order valence-electron chi connectivity index (χ4n) is 1.28. The third-order valence-electron chi connectivity index (χ3n) is 1.96. The smallest absolute Gasteiger partial charge is 0.408 e. The Labute approximate surface area is 93.6 Å². The van der Waals surface area contributed by atoms with Gasteiger partial charge in [-0.1, -0.05) is 0 Å². The summed E-state index contributed by atoms with van der Waals surface area (Å²) in [6.45, 7) is 5.38. The maximum absolute atomic E-state index is 11.4. The summed E-state index contributed by atoms with van der Waals surface area (Å²) in [6.07, 6.45) is -0.630. The van der Waals surface area contributed by atoms with Gasteiger partial charge >= 0.3 is 6.09 Å². The van der Waals surface area contributed by atoms with Crippen LogP contribution in [0.5, 0.6) is 0 Å². The number of β-lactam (4-membered cyclic amide) rings is 1. The highest BCUT2D eigenvalue weighted by Crippen LogP contribution is 2.10. The van der Waals surface area contributed by atoms with E-state index in [4.69, 9.17) is 10.6 Å². The lowest BCUT2D eigenvalue weighted by molar-refractivity contribution is -0.133. The van der Waals surface area contributed by atoms with Crippen molar-refractivity contribution in [2.45, 2.75) is 38.5 Å². The number of hydrogen-bond acceptors (Lipinski definition) is 5. The van der Waals surface area contributed by atoms with Crippen LogP contribution in [0.2, 0.25) is 0 Å². The first-order chi connectivity index (χ1) is 7.33. The van der Waals surface area contributed by atoms with Crippen LogP contribution in [0.4, 0.5) is 4.79 Å². The van der Waals surface area contributed by atoms with E-state index in [0.717, 1.165) is 0 Å². The van der Waals surface area contributed by atoms with Gasteiger partial charge in [0, 0.05) is 0 Å². The van der Waals surface area contributed by atoms with Crippen molar-refractivity contribution in [2.75, 3.05) is 6.61 Å². The summed E-state index contributed by atoms with van der Waals surface area (Å²) in [6, 6.07) is -0.941. The van der Waals surface area contributed by atoms with Crippen LogP contribution in [0, 0.1) is 0 Å². The summed E-state index contributed by atoms with van der Waals surface area (Å²) in [5.74, 6) is 4.61. The first-order valence-corrected chi connectivity index (χ1v) is 4.95. The van der Waals surface area contributed by atoms with Gasteiger partial charge in [0.1, 0.15) is 11.6 Å². The van der Waals surface area contributed by atoms with Gasteiger partial charge in [-0.05, 0) is 20.8 Å². The van der Waals surface area contributed by atoms with Crippen molar-refractivity contribution in [1.82, 2.24) is 10.6 Å². The monoisotopic (exact) mass is 231 g/mol. The minimum atomic E-state index is -0.640. The fourth-order valence-corrected chi connectivity index (χ4v) is 1.28. The molecular formula is C9H17N3O4. The van der Waals surface area contributed by atoms with E-state index in [-0.39, 0.29) is 18.6 Å². The molecule has 1 rings (SSSR count). The minimum absolute atomic E-state index is 0.145. The second-order valence-electron chi connectivity index (χ2n) is 4.57. The molecule has 2 amide bonds. The highest BCUT2D eigenvalue weighted by Gasteiger charge is 2.41. The molecule has 0 aliphatic carbocycles. The van der Waals surface area contributed by atoms with Gasteiger partial charge < -0.3 is 20.2 Å². The summed E-state index contributed by atoms with van der Waals surface area (Å²) >= 11 is 0. The normalized spacial score (nSPS) is 24.4. The van der Waals surface area contributed by atoms with Crippen molar-refractivity contribution in [3.05, 3.63) is 0 Å². The van der Waals surface area contributed by atoms with Gasteiger partial charge in [0.05, 0.1) is 12.6 Å². The molecule has 0 aromatic heterocycles. The maximum atomic E-state index is 11.4. The Morgan fingerprint density at radius 1 is 1.56 bits per heavy atom. The van der Waals surface area contributed by atoms with E-state index in [1.54, 1.807) is 20.8 Å². The van der Waals surface area contributed by atoms with Gasteiger partial charge in [-0.25, -0.2) is 10.7 Å². The molecule has 1 fully saturated rings. The number of hydrogen-bond donors (Lipinski definition) is 3. The molecule has 0 unspecified atom stereocenters. The lowest BCUT2D eigenvalue weighted by atomic mass is 10.0. The first kappa shape index (κ1) is 12.7. The Hall–Kier alpha value is -1.34. The Morgan fingerprint density at radius 2 is 2.19 bits per heavy atom. The van der Waals surface area contributed by atoms with E-state index < -0.39 is 17.7 Å². The molecule has 0 bridgehead atoms. The number of alkyl carbamates (subject to hydrolysis) is 1. The largest absolute Gasteiger partial charge is 0.444 e. The van der Waals surface area contributed by atoms with Gasteiger partial charge in [0.25, 0.3) is 0 Å². The van der Waals surface area contributed by atoms with Crippen LogP contribution in [0.3, 0.4) is 0 Å². The molecule has 0 aromatic carbocycles. The molecule has 1 aliphatic rings. The van der Waals surface area contributed by atoms with Crippen molar-refractivity contribution in [3.63, 3.8) is 0 Å². The van der Waals surface area contributed by atoms with E-state index >= 15 is 0 Å². The lowest BCUT2D eigenvalue weighted by Crippen LogP contribution is -2.70. The predicted octanol–water partition coefficient (Wildman–Crippen LogP) is -0.732. The van der Waals surface area contributed by atoms with Crippen molar-refractivity contribution < 1.29 is 19.2 Å². The van der Waals surface area contributed by atoms with Crippen LogP contribution in [0.25, 0.3) is 0 Å². The number of carbonyl (C=O) groups excluding carboxylic acids is 2. The maximum Gasteiger partial charge on any atom is 0.408 e. The number of rotatable bonds is 3. The van der Waals surface area contributed by atoms with E-state index in [2.05, 4.69) is 15.5 Å². The average molecular weight is 231 g/mol. The molecule has 2 atom stereocenters. The highest BCUT2D eigenvalue weighted by molar-refractivity contribution is 5.92. The zero-order valence-electron chi connectivity index (χ0n) is 9.57. The van der Waals surface area contributed by atoms with E-state index in [0.29, 0.717) is 0 Å². The van der Waals surface area contributed by atoms with Crippen LogP contribution in [0.15, 0.2) is 0 Å². The van der Waals surface area contributed by atoms with Crippen molar-refractivity contribution in [1.29, 1.82) is 0 Å². The lowest BCUT2D eigenvalue weighted by Gasteiger charge is -2.36. The number of nitrogens with one attached hydrogen (secondary N) is 2. The summed E-state index contributed by atoms with van der Waals surface area (Å²) in [5, 5.41) is 5.00. The molecule has 16 heavy (non-hydrogen) atoms. The third-order valence-corrected chi connectivity index (χ3v) is 1.96. The number of nitrogens with two attached hydrogens (primary N) is 1. The van der Waals surface area contributed by atoms with Gasteiger partial charge in [-0.15, -0.1) is 0 Å². The highest BCUT2D eigenvalue weighted by atomic mass is 16.6. The summed E-state index contributed by atoms with van der Waals surface area (Å²) in [4.78, 5) is 26.9. The predicted molar refractivity (Wildman–Crippen MR) is 55.2 cm³/mol. The second-order valence-corrected chi connectivity index (χ2v) is 4.57. The molecule has 1 aliphatic heterocycles. The minimum Gasteiger partial charge on any atom is -0.444 e. The molecule has 7 heteroatoms. The first-order valence-electron chi connectivity index (χ1n) is 4.95. The molecule has 0 spiro atoms. The van der Waals surface area contributed by atoms with Crippen LogP contribution < -0.4 is 16.5 Å². The van der Waals surface area contributed by atoms with E-state index in [9.17, 15) is 9.59 Å². The Bertz CT molecular complexity index is 287. The van der Waals surface area contributed by atoms with Crippen molar-refractivity contribution >= 4 is 12.0 Å². The Morgan fingerprint density at radius 3 is 2.62 bits per heavy atom. The van der Waals surface area contributed by atoms with Crippen LogP contribution in [-0.2, 0) is 14.4 Å². The van der Waals surface area contributed by atoms with Gasteiger partial charge in [-0.2, -0.15) is 0 Å². The number of amides is 2. The molecule has 0 aromatic rings.